The average molecular weight is 466 g/mol. The number of hydrogen-bond acceptors (Lipinski definition) is 8. The summed E-state index contributed by atoms with van der Waals surface area (Å²) < 4.78 is 14.1. The van der Waals surface area contributed by atoms with Gasteiger partial charge in [-0.3, -0.25) is 9.59 Å². The van der Waals surface area contributed by atoms with E-state index in [2.05, 4.69) is 26.0 Å². The number of carbonyl (C=O) groups is 1. The second-order valence-electron chi connectivity index (χ2n) is 9.12. The van der Waals surface area contributed by atoms with E-state index in [1.165, 1.54) is 10.7 Å². The Hall–Kier alpha value is -3.44. The van der Waals surface area contributed by atoms with Gasteiger partial charge < -0.3 is 30.0 Å². The number of ether oxygens (including phenoxy) is 2. The molecule has 1 aliphatic heterocycles. The van der Waals surface area contributed by atoms with Gasteiger partial charge in [-0.05, 0) is 25.0 Å². The summed E-state index contributed by atoms with van der Waals surface area (Å²) in [5.74, 6) is 0.990. The molecule has 0 bridgehead atoms. The van der Waals surface area contributed by atoms with E-state index in [-0.39, 0.29) is 29.7 Å². The standard InChI is InChI=1S/C23H27N7O4/c1-24-16-8-19(26-15-4-3-7-29(23(15)32)20-12-10-34-11-13(12)20)28-30-17(9-25-21(16)30)22(31)27-14-5-6-18(14)33-2/h3-4,7-9,12-14,18,20,24H,5-6,10-11H2,1-2H3,(H,26,28)(H,27,31)/t12-,13+,14?,18?,20?. The first kappa shape index (κ1) is 21.1. The number of nitrogens with zero attached hydrogens (tertiary/aromatic N) is 4. The summed E-state index contributed by atoms with van der Waals surface area (Å²) in [6.07, 6.45) is 5.16. The number of pyridine rings is 1. The molecule has 3 aromatic heterocycles. The van der Waals surface area contributed by atoms with Crippen molar-refractivity contribution in [2.45, 2.75) is 31.0 Å². The summed E-state index contributed by atoms with van der Waals surface area (Å²) >= 11 is 0. The summed E-state index contributed by atoms with van der Waals surface area (Å²) in [7, 11) is 3.42. The smallest absolute Gasteiger partial charge is 0.274 e. The van der Waals surface area contributed by atoms with Crippen molar-refractivity contribution in [3.63, 3.8) is 0 Å². The number of anilines is 3. The second-order valence-corrected chi connectivity index (χ2v) is 9.12. The summed E-state index contributed by atoms with van der Waals surface area (Å²) in [5, 5.41) is 13.8. The van der Waals surface area contributed by atoms with Crippen LogP contribution in [0.5, 0.6) is 0 Å². The van der Waals surface area contributed by atoms with Crippen molar-refractivity contribution >= 4 is 28.7 Å². The largest absolute Gasteiger partial charge is 0.385 e. The lowest BCUT2D eigenvalue weighted by molar-refractivity contribution is 0.00718. The summed E-state index contributed by atoms with van der Waals surface area (Å²) in [5.41, 5.74) is 1.83. The van der Waals surface area contributed by atoms with Gasteiger partial charge in [-0.25, -0.2) is 9.50 Å². The fourth-order valence-corrected chi connectivity index (χ4v) is 5.13. The van der Waals surface area contributed by atoms with Crippen LogP contribution in [0.25, 0.3) is 5.65 Å². The molecular formula is C23H27N7O4. The van der Waals surface area contributed by atoms with Crippen molar-refractivity contribution in [3.8, 4) is 0 Å². The normalized spacial score (nSPS) is 27.2. The topological polar surface area (TPSA) is 124 Å². The second kappa shape index (κ2) is 8.10. The van der Waals surface area contributed by atoms with Crippen molar-refractivity contribution in [2.24, 2.45) is 11.8 Å². The molecule has 3 unspecified atom stereocenters. The van der Waals surface area contributed by atoms with Gasteiger partial charge in [0.2, 0.25) is 0 Å². The van der Waals surface area contributed by atoms with E-state index in [0.29, 0.717) is 53.6 Å². The van der Waals surface area contributed by atoms with E-state index in [1.54, 1.807) is 30.9 Å². The van der Waals surface area contributed by atoms with Crippen LogP contribution < -0.4 is 21.5 Å². The molecule has 4 heterocycles. The fourth-order valence-electron chi connectivity index (χ4n) is 5.13. The molecule has 3 N–H and O–H groups in total. The van der Waals surface area contributed by atoms with Crippen LogP contribution in [0, 0.1) is 11.8 Å². The van der Waals surface area contributed by atoms with Crippen LogP contribution in [0.2, 0.25) is 0 Å². The van der Waals surface area contributed by atoms with E-state index < -0.39 is 0 Å². The molecule has 3 aliphatic rings. The molecule has 3 aromatic rings. The van der Waals surface area contributed by atoms with Crippen molar-refractivity contribution in [1.29, 1.82) is 0 Å². The Labute approximate surface area is 195 Å². The average Bonchev–Trinajstić information content (AvgIpc) is 3.15. The lowest BCUT2D eigenvalue weighted by Gasteiger charge is -2.35. The van der Waals surface area contributed by atoms with E-state index in [9.17, 15) is 9.59 Å². The molecular weight excluding hydrogens is 438 g/mol. The zero-order valence-corrected chi connectivity index (χ0v) is 19.0. The van der Waals surface area contributed by atoms with Gasteiger partial charge in [-0.2, -0.15) is 0 Å². The number of nitrogens with one attached hydrogen (secondary N) is 3. The fraction of sp³-hybridized carbons (Fsp3) is 0.478. The Kier molecular flexibility index (Phi) is 5.03. The Morgan fingerprint density at radius 3 is 2.76 bits per heavy atom. The lowest BCUT2D eigenvalue weighted by atomic mass is 9.89. The first-order chi connectivity index (χ1) is 16.6. The summed E-state index contributed by atoms with van der Waals surface area (Å²) in [4.78, 5) is 30.5. The van der Waals surface area contributed by atoms with Gasteiger partial charge in [0, 0.05) is 44.3 Å². The highest BCUT2D eigenvalue weighted by Gasteiger charge is 2.55. The van der Waals surface area contributed by atoms with Gasteiger partial charge in [0.1, 0.15) is 5.69 Å². The molecule has 34 heavy (non-hydrogen) atoms. The van der Waals surface area contributed by atoms with Gasteiger partial charge in [-0.15, -0.1) is 5.10 Å². The molecule has 0 radical (unpaired) electrons. The van der Waals surface area contributed by atoms with Crippen molar-refractivity contribution in [2.75, 3.05) is 38.0 Å². The molecule has 1 amide bonds. The van der Waals surface area contributed by atoms with Gasteiger partial charge in [0.25, 0.3) is 11.5 Å². The molecule has 6 rings (SSSR count). The predicted octanol–water partition coefficient (Wildman–Crippen LogP) is 1.40. The zero-order valence-electron chi connectivity index (χ0n) is 19.0. The quantitative estimate of drug-likeness (QED) is 0.478. The Bertz CT molecular complexity index is 1310. The van der Waals surface area contributed by atoms with Crippen LogP contribution in [0.1, 0.15) is 29.4 Å². The van der Waals surface area contributed by atoms with Gasteiger partial charge >= 0.3 is 0 Å². The van der Waals surface area contributed by atoms with E-state index in [0.717, 1.165) is 12.8 Å². The van der Waals surface area contributed by atoms with Crippen molar-refractivity contribution in [1.82, 2.24) is 24.5 Å². The third kappa shape index (κ3) is 3.34. The SMILES string of the molecule is CNc1cc(Nc2cccn(C3[C@H]4COC[C@@H]34)c2=O)nn2c(C(=O)NC3CCC3OC)cnc12. The van der Waals surface area contributed by atoms with Crippen molar-refractivity contribution < 1.29 is 14.3 Å². The first-order valence-electron chi connectivity index (χ1n) is 11.5. The van der Waals surface area contributed by atoms with Crippen LogP contribution in [0.3, 0.4) is 0 Å². The number of aromatic nitrogens is 4. The highest BCUT2D eigenvalue weighted by Crippen LogP contribution is 2.53. The molecule has 2 saturated carbocycles. The Morgan fingerprint density at radius 2 is 2.06 bits per heavy atom. The van der Waals surface area contributed by atoms with Crippen LogP contribution in [0.15, 0.2) is 35.4 Å². The first-order valence-corrected chi connectivity index (χ1v) is 11.5. The maximum absolute atomic E-state index is 13.2. The lowest BCUT2D eigenvalue weighted by Crippen LogP contribution is -2.51. The molecule has 2 aliphatic carbocycles. The van der Waals surface area contributed by atoms with Crippen molar-refractivity contribution in [3.05, 3.63) is 46.6 Å². The third-order valence-electron chi connectivity index (χ3n) is 7.27. The third-order valence-corrected chi connectivity index (χ3v) is 7.27. The number of methoxy groups -OCH3 is 1. The maximum atomic E-state index is 13.2. The minimum atomic E-state index is -0.268. The van der Waals surface area contributed by atoms with E-state index >= 15 is 0 Å². The molecule has 0 spiro atoms. The van der Waals surface area contributed by atoms with Gasteiger partial charge in [0.15, 0.2) is 17.2 Å². The molecule has 11 nitrogen and oxygen atoms in total. The molecule has 11 heteroatoms. The van der Waals surface area contributed by atoms with Crippen LogP contribution >= 0.6 is 0 Å². The maximum Gasteiger partial charge on any atom is 0.274 e. The summed E-state index contributed by atoms with van der Waals surface area (Å²) in [6, 6.07) is 5.53. The molecule has 1 saturated heterocycles. The van der Waals surface area contributed by atoms with Crippen LogP contribution in [0.4, 0.5) is 17.2 Å². The zero-order chi connectivity index (χ0) is 23.4. The van der Waals surface area contributed by atoms with Gasteiger partial charge in [-0.1, -0.05) is 0 Å². The molecule has 3 fully saturated rings. The van der Waals surface area contributed by atoms with E-state index in [4.69, 9.17) is 9.47 Å². The number of amides is 1. The Balaban J connectivity index is 1.30. The number of imidazole rings is 1. The highest BCUT2D eigenvalue weighted by molar-refractivity contribution is 5.94. The van der Waals surface area contributed by atoms with Crippen LogP contribution in [-0.4, -0.2) is 64.6 Å². The molecule has 5 atom stereocenters. The van der Waals surface area contributed by atoms with Gasteiger partial charge in [0.05, 0.1) is 37.2 Å². The van der Waals surface area contributed by atoms with E-state index in [1.807, 2.05) is 12.3 Å². The monoisotopic (exact) mass is 465 g/mol. The minimum Gasteiger partial charge on any atom is -0.385 e. The predicted molar refractivity (Wildman–Crippen MR) is 125 cm³/mol. The number of fused-ring (bicyclic) bond motifs is 2. The molecule has 178 valence electrons. The minimum absolute atomic E-state index is 0.0248. The van der Waals surface area contributed by atoms with Crippen LogP contribution in [-0.2, 0) is 9.47 Å². The number of carbonyl (C=O) groups excluding carboxylic acids is 1. The Morgan fingerprint density at radius 1 is 1.24 bits per heavy atom. The number of hydrogen-bond donors (Lipinski definition) is 3. The number of rotatable bonds is 7. The summed E-state index contributed by atoms with van der Waals surface area (Å²) in [6.45, 7) is 1.42. The highest BCUT2D eigenvalue weighted by atomic mass is 16.5. The molecule has 0 aromatic carbocycles.